The molecule has 0 saturated heterocycles. The highest BCUT2D eigenvalue weighted by Crippen LogP contribution is 2.25. The summed E-state index contributed by atoms with van der Waals surface area (Å²) in [4.78, 5) is 15.8. The Kier molecular flexibility index (Phi) is 3.41. The fourth-order valence-electron chi connectivity index (χ4n) is 1.96. The van der Waals surface area contributed by atoms with Crippen molar-refractivity contribution in [3.63, 3.8) is 0 Å². The summed E-state index contributed by atoms with van der Waals surface area (Å²) in [5.41, 5.74) is 5.76. The molecule has 1 amide bonds. The molecule has 4 nitrogen and oxygen atoms in total. The second-order valence-electron chi connectivity index (χ2n) is 4.12. The average Bonchev–Trinajstić information content (AvgIpc) is 2.65. The van der Waals surface area contributed by atoms with Gasteiger partial charge in [-0.15, -0.1) is 0 Å². The van der Waals surface area contributed by atoms with Gasteiger partial charge in [0.25, 0.3) is 0 Å². The molecule has 2 atom stereocenters. The van der Waals surface area contributed by atoms with Crippen LogP contribution in [-0.4, -0.2) is 16.9 Å². The minimum absolute atomic E-state index is 0.00998. The Bertz CT molecular complexity index is 397. The van der Waals surface area contributed by atoms with Crippen molar-refractivity contribution < 1.29 is 4.79 Å². The van der Waals surface area contributed by atoms with E-state index >= 15 is 0 Å². The molecule has 1 aromatic heterocycles. The van der Waals surface area contributed by atoms with Crippen LogP contribution < -0.4 is 11.1 Å². The summed E-state index contributed by atoms with van der Waals surface area (Å²) in [5.74, 6) is 0.497. The van der Waals surface area contributed by atoms with Gasteiger partial charge in [-0.2, -0.15) is 0 Å². The largest absolute Gasteiger partial charge is 0.328 e. The molecule has 0 radical (unpaired) electrons. The van der Waals surface area contributed by atoms with Crippen LogP contribution in [0.3, 0.4) is 0 Å². The lowest BCUT2D eigenvalue weighted by Gasteiger charge is -2.09. The van der Waals surface area contributed by atoms with E-state index in [1.165, 1.54) is 0 Å². The maximum atomic E-state index is 11.8. The van der Waals surface area contributed by atoms with Crippen LogP contribution in [0.15, 0.2) is 18.3 Å². The van der Waals surface area contributed by atoms with E-state index in [9.17, 15) is 4.79 Å². The maximum Gasteiger partial charge on any atom is 0.228 e. The number of nitrogens with zero attached hydrogens (tertiary/aromatic N) is 1. The van der Waals surface area contributed by atoms with Gasteiger partial charge < -0.3 is 11.1 Å². The molecule has 5 heteroatoms. The molecule has 2 unspecified atom stereocenters. The van der Waals surface area contributed by atoms with E-state index in [4.69, 9.17) is 17.3 Å². The van der Waals surface area contributed by atoms with Crippen LogP contribution in [0, 0.1) is 5.92 Å². The first-order valence-corrected chi connectivity index (χ1v) is 5.71. The van der Waals surface area contributed by atoms with Crippen molar-refractivity contribution in [1.29, 1.82) is 0 Å². The molecule has 86 valence electrons. The number of pyridine rings is 1. The molecule has 0 spiro atoms. The summed E-state index contributed by atoms with van der Waals surface area (Å²) >= 11 is 5.80. The number of nitrogens with one attached hydrogen (secondary N) is 1. The number of halogens is 1. The van der Waals surface area contributed by atoms with Gasteiger partial charge in [0.05, 0.1) is 0 Å². The minimum Gasteiger partial charge on any atom is -0.328 e. The second-order valence-corrected chi connectivity index (χ2v) is 4.56. The SMILES string of the molecule is NC1CCC(C(=O)Nc2cc(Cl)ccn2)C1. The summed E-state index contributed by atoms with van der Waals surface area (Å²) in [7, 11) is 0. The third-order valence-electron chi connectivity index (χ3n) is 2.82. The highest BCUT2D eigenvalue weighted by atomic mass is 35.5. The van der Waals surface area contributed by atoms with E-state index < -0.39 is 0 Å². The van der Waals surface area contributed by atoms with Crippen molar-refractivity contribution in [1.82, 2.24) is 4.98 Å². The van der Waals surface area contributed by atoms with Crippen LogP contribution in [0.2, 0.25) is 5.02 Å². The Morgan fingerprint density at radius 3 is 3.00 bits per heavy atom. The summed E-state index contributed by atoms with van der Waals surface area (Å²) in [6.45, 7) is 0. The number of carbonyl (C=O) groups is 1. The summed E-state index contributed by atoms with van der Waals surface area (Å²) in [6, 6.07) is 3.46. The van der Waals surface area contributed by atoms with Crippen molar-refractivity contribution in [3.8, 4) is 0 Å². The normalized spacial score (nSPS) is 24.4. The number of carbonyl (C=O) groups excluding carboxylic acids is 1. The molecule has 1 fully saturated rings. The van der Waals surface area contributed by atoms with Crippen LogP contribution in [-0.2, 0) is 4.79 Å². The predicted molar refractivity (Wildman–Crippen MR) is 63.2 cm³/mol. The molecule has 1 heterocycles. The lowest BCUT2D eigenvalue weighted by atomic mass is 10.1. The number of hydrogen-bond acceptors (Lipinski definition) is 3. The zero-order valence-electron chi connectivity index (χ0n) is 8.82. The number of amides is 1. The van der Waals surface area contributed by atoms with Crippen LogP contribution >= 0.6 is 11.6 Å². The molecule has 0 aromatic carbocycles. The number of aromatic nitrogens is 1. The molecular formula is C11H14ClN3O. The first-order chi connectivity index (χ1) is 7.65. The highest BCUT2D eigenvalue weighted by molar-refractivity contribution is 6.30. The Hall–Kier alpha value is -1.13. The van der Waals surface area contributed by atoms with E-state index in [-0.39, 0.29) is 17.9 Å². The maximum absolute atomic E-state index is 11.8. The van der Waals surface area contributed by atoms with E-state index in [1.54, 1.807) is 18.3 Å². The molecule has 3 N–H and O–H groups in total. The third kappa shape index (κ3) is 2.71. The molecule has 1 aliphatic rings. The Balaban J connectivity index is 1.97. The number of anilines is 1. The van der Waals surface area contributed by atoms with Gasteiger partial charge in [-0.3, -0.25) is 4.79 Å². The number of nitrogens with two attached hydrogens (primary N) is 1. The van der Waals surface area contributed by atoms with Crippen molar-refractivity contribution in [2.75, 3.05) is 5.32 Å². The van der Waals surface area contributed by atoms with Gasteiger partial charge in [0.2, 0.25) is 5.91 Å². The van der Waals surface area contributed by atoms with Crippen molar-refractivity contribution in [2.45, 2.75) is 25.3 Å². The van der Waals surface area contributed by atoms with E-state index in [1.807, 2.05) is 0 Å². The first kappa shape index (κ1) is 11.4. The van der Waals surface area contributed by atoms with Gasteiger partial charge in [-0.25, -0.2) is 4.98 Å². The minimum atomic E-state index is -0.0114. The fourth-order valence-corrected chi connectivity index (χ4v) is 2.12. The van der Waals surface area contributed by atoms with Crippen LogP contribution in [0.25, 0.3) is 0 Å². The van der Waals surface area contributed by atoms with Gasteiger partial charge >= 0.3 is 0 Å². The first-order valence-electron chi connectivity index (χ1n) is 5.33. The molecule has 1 saturated carbocycles. The molecule has 1 aromatic rings. The molecule has 0 bridgehead atoms. The Morgan fingerprint density at radius 1 is 1.56 bits per heavy atom. The third-order valence-corrected chi connectivity index (χ3v) is 3.05. The summed E-state index contributed by atoms with van der Waals surface area (Å²) in [6.07, 6.45) is 4.10. The predicted octanol–water partition coefficient (Wildman–Crippen LogP) is 1.80. The molecule has 0 aliphatic heterocycles. The van der Waals surface area contributed by atoms with Crippen LogP contribution in [0.4, 0.5) is 5.82 Å². The van der Waals surface area contributed by atoms with E-state index in [0.717, 1.165) is 19.3 Å². The molecule has 2 rings (SSSR count). The molecule has 16 heavy (non-hydrogen) atoms. The van der Waals surface area contributed by atoms with Gasteiger partial charge in [0.1, 0.15) is 5.82 Å². The fraction of sp³-hybridized carbons (Fsp3) is 0.455. The van der Waals surface area contributed by atoms with Gasteiger partial charge in [0, 0.05) is 23.2 Å². The van der Waals surface area contributed by atoms with Crippen LogP contribution in [0.1, 0.15) is 19.3 Å². The Labute approximate surface area is 99.2 Å². The van der Waals surface area contributed by atoms with E-state index in [2.05, 4.69) is 10.3 Å². The number of rotatable bonds is 2. The van der Waals surface area contributed by atoms with Crippen molar-refractivity contribution >= 4 is 23.3 Å². The van der Waals surface area contributed by atoms with Crippen molar-refractivity contribution in [3.05, 3.63) is 23.4 Å². The van der Waals surface area contributed by atoms with Gasteiger partial charge in [-0.05, 0) is 31.4 Å². The lowest BCUT2D eigenvalue weighted by molar-refractivity contribution is -0.119. The standard InChI is InChI=1S/C11H14ClN3O/c12-8-3-4-14-10(6-8)15-11(16)7-1-2-9(13)5-7/h3-4,6-7,9H,1-2,5,13H2,(H,14,15,16). The zero-order chi connectivity index (χ0) is 11.5. The monoisotopic (exact) mass is 239 g/mol. The second kappa shape index (κ2) is 4.80. The summed E-state index contributed by atoms with van der Waals surface area (Å²) < 4.78 is 0. The average molecular weight is 240 g/mol. The van der Waals surface area contributed by atoms with Gasteiger partial charge in [-0.1, -0.05) is 11.6 Å². The summed E-state index contributed by atoms with van der Waals surface area (Å²) in [5, 5.41) is 3.32. The zero-order valence-corrected chi connectivity index (χ0v) is 9.57. The Morgan fingerprint density at radius 2 is 2.38 bits per heavy atom. The molecule has 1 aliphatic carbocycles. The van der Waals surface area contributed by atoms with Crippen molar-refractivity contribution in [2.24, 2.45) is 11.7 Å². The molecular weight excluding hydrogens is 226 g/mol. The van der Waals surface area contributed by atoms with Crippen LogP contribution in [0.5, 0.6) is 0 Å². The quantitative estimate of drug-likeness (QED) is 0.827. The smallest absolute Gasteiger partial charge is 0.228 e. The lowest BCUT2D eigenvalue weighted by Crippen LogP contribution is -2.23. The topological polar surface area (TPSA) is 68.0 Å². The van der Waals surface area contributed by atoms with Gasteiger partial charge in [0.15, 0.2) is 0 Å². The number of hydrogen-bond donors (Lipinski definition) is 2. The van der Waals surface area contributed by atoms with E-state index in [0.29, 0.717) is 10.8 Å². The highest BCUT2D eigenvalue weighted by Gasteiger charge is 2.27.